The summed E-state index contributed by atoms with van der Waals surface area (Å²) in [4.78, 5) is 21.5. The van der Waals surface area contributed by atoms with E-state index in [2.05, 4.69) is 27.4 Å². The van der Waals surface area contributed by atoms with E-state index in [0.29, 0.717) is 18.3 Å². The summed E-state index contributed by atoms with van der Waals surface area (Å²) in [7, 11) is 3.88. The molecule has 1 aromatic carbocycles. The van der Waals surface area contributed by atoms with Gasteiger partial charge in [-0.25, -0.2) is 0 Å². The SMILES string of the molecule is Cc1cccc(-c2noc(CN(C)C(=O)C3CC4(CCNCC4)CN3C)n2)c1.Cl.Cl. The molecule has 1 aromatic heterocycles. The highest BCUT2D eigenvalue weighted by Gasteiger charge is 2.46. The summed E-state index contributed by atoms with van der Waals surface area (Å²) in [5, 5.41) is 7.51. The molecule has 166 valence electrons. The molecule has 2 fully saturated rings. The van der Waals surface area contributed by atoms with Gasteiger partial charge in [-0.3, -0.25) is 9.69 Å². The maximum Gasteiger partial charge on any atom is 0.246 e. The molecular formula is C21H31Cl2N5O2. The molecule has 4 rings (SSSR count). The molecule has 2 aliphatic rings. The predicted molar refractivity (Wildman–Crippen MR) is 121 cm³/mol. The minimum atomic E-state index is -0.0673. The molecular weight excluding hydrogens is 425 g/mol. The molecule has 1 N–H and O–H groups in total. The summed E-state index contributed by atoms with van der Waals surface area (Å²) in [6, 6.07) is 7.92. The Morgan fingerprint density at radius 2 is 2.07 bits per heavy atom. The van der Waals surface area contributed by atoms with Crippen molar-refractivity contribution in [2.24, 2.45) is 5.41 Å². The smallest absolute Gasteiger partial charge is 0.246 e. The minimum absolute atomic E-state index is 0. The molecule has 2 aliphatic heterocycles. The molecule has 2 saturated heterocycles. The van der Waals surface area contributed by atoms with E-state index >= 15 is 0 Å². The van der Waals surface area contributed by atoms with Crippen LogP contribution in [-0.4, -0.2) is 65.6 Å². The van der Waals surface area contributed by atoms with Gasteiger partial charge in [0.2, 0.25) is 17.6 Å². The highest BCUT2D eigenvalue weighted by atomic mass is 35.5. The van der Waals surface area contributed by atoms with Crippen molar-refractivity contribution < 1.29 is 9.32 Å². The van der Waals surface area contributed by atoms with Crippen LogP contribution in [0.5, 0.6) is 0 Å². The molecule has 0 saturated carbocycles. The Morgan fingerprint density at radius 1 is 1.33 bits per heavy atom. The number of carbonyl (C=O) groups excluding carboxylic acids is 1. The van der Waals surface area contributed by atoms with Crippen LogP contribution in [-0.2, 0) is 11.3 Å². The first-order valence-electron chi connectivity index (χ1n) is 10.0. The maximum atomic E-state index is 13.1. The summed E-state index contributed by atoms with van der Waals surface area (Å²) < 4.78 is 5.40. The third kappa shape index (κ3) is 5.14. The van der Waals surface area contributed by atoms with Gasteiger partial charge in [-0.05, 0) is 57.8 Å². The Hall–Kier alpha value is -1.67. The number of nitrogens with one attached hydrogen (secondary N) is 1. The van der Waals surface area contributed by atoms with Gasteiger partial charge in [0.25, 0.3) is 0 Å². The average molecular weight is 456 g/mol. The van der Waals surface area contributed by atoms with Crippen molar-refractivity contribution in [3.8, 4) is 11.4 Å². The van der Waals surface area contributed by atoms with Crippen LogP contribution in [0.1, 0.15) is 30.7 Å². The molecule has 1 spiro atoms. The molecule has 0 radical (unpaired) electrons. The lowest BCUT2D eigenvalue weighted by atomic mass is 9.77. The first kappa shape index (κ1) is 24.6. The Labute approximate surface area is 190 Å². The van der Waals surface area contributed by atoms with Crippen molar-refractivity contribution in [2.75, 3.05) is 33.7 Å². The van der Waals surface area contributed by atoms with Gasteiger partial charge in [-0.2, -0.15) is 4.98 Å². The normalized spacial score (nSPS) is 20.4. The highest BCUT2D eigenvalue weighted by Crippen LogP contribution is 2.41. The number of likely N-dealkylation sites (tertiary alicyclic amines) is 1. The van der Waals surface area contributed by atoms with Gasteiger partial charge in [0.15, 0.2) is 0 Å². The quantitative estimate of drug-likeness (QED) is 0.763. The standard InChI is InChI=1S/C21H29N5O2.2ClH/c1-15-5-4-6-16(11-15)19-23-18(28-24-19)13-25(2)20(27)17-12-21(14-26(17)3)7-9-22-10-8-21;;/h4-6,11,17,22H,7-10,12-14H2,1-3H3;2*1H. The van der Waals surface area contributed by atoms with E-state index in [1.165, 1.54) is 0 Å². The number of aromatic nitrogens is 2. The third-order valence-electron chi connectivity index (χ3n) is 6.19. The largest absolute Gasteiger partial charge is 0.337 e. The number of hydrogen-bond donors (Lipinski definition) is 1. The summed E-state index contributed by atoms with van der Waals surface area (Å²) in [6.07, 6.45) is 3.23. The van der Waals surface area contributed by atoms with Crippen LogP contribution in [0, 0.1) is 12.3 Å². The minimum Gasteiger partial charge on any atom is -0.337 e. The average Bonchev–Trinajstić information content (AvgIpc) is 3.26. The van der Waals surface area contributed by atoms with Gasteiger partial charge in [-0.1, -0.05) is 28.9 Å². The van der Waals surface area contributed by atoms with Crippen molar-refractivity contribution in [1.82, 2.24) is 25.3 Å². The summed E-state index contributed by atoms with van der Waals surface area (Å²) in [5.41, 5.74) is 2.35. The fraction of sp³-hybridized carbons (Fsp3) is 0.571. The van der Waals surface area contributed by atoms with Crippen LogP contribution in [0.2, 0.25) is 0 Å². The van der Waals surface area contributed by atoms with Crippen molar-refractivity contribution in [3.05, 3.63) is 35.7 Å². The van der Waals surface area contributed by atoms with Crippen molar-refractivity contribution >= 4 is 30.7 Å². The number of nitrogens with zero attached hydrogens (tertiary/aromatic N) is 4. The second kappa shape index (κ2) is 10.1. The van der Waals surface area contributed by atoms with Crippen molar-refractivity contribution in [2.45, 2.75) is 38.8 Å². The molecule has 2 aromatic rings. The number of rotatable bonds is 4. The first-order chi connectivity index (χ1) is 13.5. The fourth-order valence-electron chi connectivity index (χ4n) is 4.62. The lowest BCUT2D eigenvalue weighted by molar-refractivity contribution is -0.135. The van der Waals surface area contributed by atoms with Crippen molar-refractivity contribution in [1.29, 1.82) is 0 Å². The van der Waals surface area contributed by atoms with Gasteiger partial charge in [0, 0.05) is 19.2 Å². The van der Waals surface area contributed by atoms with E-state index in [9.17, 15) is 4.79 Å². The van der Waals surface area contributed by atoms with E-state index in [-0.39, 0.29) is 42.2 Å². The first-order valence-corrected chi connectivity index (χ1v) is 10.0. The molecule has 1 amide bonds. The number of aryl methyl sites for hydroxylation is 1. The van der Waals surface area contributed by atoms with Crippen LogP contribution < -0.4 is 5.32 Å². The third-order valence-corrected chi connectivity index (χ3v) is 6.19. The van der Waals surface area contributed by atoms with E-state index in [1.54, 1.807) is 4.90 Å². The lowest BCUT2D eigenvalue weighted by Gasteiger charge is -2.33. The molecule has 7 nitrogen and oxygen atoms in total. The Morgan fingerprint density at radius 3 is 2.77 bits per heavy atom. The number of benzene rings is 1. The van der Waals surface area contributed by atoms with Crippen LogP contribution >= 0.6 is 24.8 Å². The Balaban J connectivity index is 0.00000160. The van der Waals surface area contributed by atoms with E-state index in [1.807, 2.05) is 38.2 Å². The monoisotopic (exact) mass is 455 g/mol. The molecule has 0 bridgehead atoms. The number of amides is 1. The lowest BCUT2D eigenvalue weighted by Crippen LogP contribution is -2.42. The Kier molecular flexibility index (Phi) is 8.27. The maximum absolute atomic E-state index is 13.1. The second-order valence-electron chi connectivity index (χ2n) is 8.46. The number of piperidine rings is 1. The fourth-order valence-corrected chi connectivity index (χ4v) is 4.62. The van der Waals surface area contributed by atoms with Gasteiger partial charge in [0.1, 0.15) is 0 Å². The summed E-state index contributed by atoms with van der Waals surface area (Å²) in [6.45, 7) is 5.46. The van der Waals surface area contributed by atoms with E-state index < -0.39 is 0 Å². The van der Waals surface area contributed by atoms with Gasteiger partial charge in [0.05, 0.1) is 12.6 Å². The molecule has 9 heteroatoms. The molecule has 1 atom stereocenters. The van der Waals surface area contributed by atoms with Gasteiger partial charge < -0.3 is 14.7 Å². The van der Waals surface area contributed by atoms with E-state index in [0.717, 1.165) is 50.0 Å². The summed E-state index contributed by atoms with van der Waals surface area (Å²) >= 11 is 0. The highest BCUT2D eigenvalue weighted by molar-refractivity contribution is 5.85. The number of carbonyl (C=O) groups is 1. The number of hydrogen-bond acceptors (Lipinski definition) is 6. The topological polar surface area (TPSA) is 74.5 Å². The van der Waals surface area contributed by atoms with Crippen LogP contribution in [0.15, 0.2) is 28.8 Å². The zero-order valence-electron chi connectivity index (χ0n) is 17.8. The van der Waals surface area contributed by atoms with Crippen LogP contribution in [0.25, 0.3) is 11.4 Å². The van der Waals surface area contributed by atoms with Gasteiger partial charge >= 0.3 is 0 Å². The van der Waals surface area contributed by atoms with E-state index in [4.69, 9.17) is 4.52 Å². The zero-order chi connectivity index (χ0) is 19.7. The summed E-state index contributed by atoms with van der Waals surface area (Å²) in [5.74, 6) is 1.16. The Bertz CT molecular complexity index is 853. The predicted octanol–water partition coefficient (Wildman–Crippen LogP) is 2.92. The second-order valence-corrected chi connectivity index (χ2v) is 8.46. The number of halogens is 2. The molecule has 1 unspecified atom stereocenters. The van der Waals surface area contributed by atoms with Crippen LogP contribution in [0.3, 0.4) is 0 Å². The van der Waals surface area contributed by atoms with Crippen LogP contribution in [0.4, 0.5) is 0 Å². The molecule has 3 heterocycles. The molecule has 30 heavy (non-hydrogen) atoms. The number of likely N-dealkylation sites (N-methyl/N-ethyl adjacent to an activating group) is 2. The zero-order valence-corrected chi connectivity index (χ0v) is 19.4. The molecule has 0 aliphatic carbocycles. The van der Waals surface area contributed by atoms with Gasteiger partial charge in [-0.15, -0.1) is 24.8 Å². The van der Waals surface area contributed by atoms with Crippen molar-refractivity contribution in [3.63, 3.8) is 0 Å².